The molecular formula is C14H28N2O. The van der Waals surface area contributed by atoms with Gasteiger partial charge in [0.25, 0.3) is 0 Å². The minimum Gasteiger partial charge on any atom is -0.392 e. The molecule has 0 aromatic heterocycles. The van der Waals surface area contributed by atoms with Gasteiger partial charge in [0.1, 0.15) is 0 Å². The van der Waals surface area contributed by atoms with E-state index in [1.807, 2.05) is 0 Å². The second-order valence-corrected chi connectivity index (χ2v) is 6.17. The summed E-state index contributed by atoms with van der Waals surface area (Å²) in [6.07, 6.45) is 9.77. The Balaban J connectivity index is 1.86. The lowest BCUT2D eigenvalue weighted by Crippen LogP contribution is -2.54. The summed E-state index contributed by atoms with van der Waals surface area (Å²) in [5.41, 5.74) is 0.344. The number of hydrogen-bond donors (Lipinski definition) is 2. The van der Waals surface area contributed by atoms with Gasteiger partial charge in [-0.2, -0.15) is 0 Å². The third-order valence-corrected chi connectivity index (χ3v) is 4.91. The molecule has 2 atom stereocenters. The Morgan fingerprint density at radius 1 is 1.12 bits per heavy atom. The normalized spacial score (nSPS) is 33.2. The summed E-state index contributed by atoms with van der Waals surface area (Å²) in [7, 11) is 4.40. The first-order valence-corrected chi connectivity index (χ1v) is 7.23. The van der Waals surface area contributed by atoms with E-state index >= 15 is 0 Å². The van der Waals surface area contributed by atoms with Gasteiger partial charge in [-0.1, -0.05) is 25.7 Å². The van der Waals surface area contributed by atoms with Gasteiger partial charge in [0.05, 0.1) is 6.10 Å². The molecule has 0 heterocycles. The van der Waals surface area contributed by atoms with Crippen molar-refractivity contribution < 1.29 is 5.11 Å². The molecule has 2 aliphatic rings. The highest BCUT2D eigenvalue weighted by atomic mass is 16.3. The summed E-state index contributed by atoms with van der Waals surface area (Å²) in [6.45, 7) is 1.04. The molecule has 0 amide bonds. The number of rotatable bonds is 4. The zero-order chi connectivity index (χ0) is 12.3. The van der Waals surface area contributed by atoms with Crippen molar-refractivity contribution in [1.82, 2.24) is 10.2 Å². The largest absolute Gasteiger partial charge is 0.392 e. The fourth-order valence-electron chi connectivity index (χ4n) is 3.49. The van der Waals surface area contributed by atoms with Crippen molar-refractivity contribution >= 4 is 0 Å². The maximum absolute atomic E-state index is 9.99. The van der Waals surface area contributed by atoms with E-state index < -0.39 is 0 Å². The van der Waals surface area contributed by atoms with E-state index in [2.05, 4.69) is 24.3 Å². The van der Waals surface area contributed by atoms with Crippen LogP contribution in [0.25, 0.3) is 0 Å². The lowest BCUT2D eigenvalue weighted by molar-refractivity contribution is 0.0750. The monoisotopic (exact) mass is 240 g/mol. The number of hydrogen-bond acceptors (Lipinski definition) is 3. The van der Waals surface area contributed by atoms with Crippen LogP contribution in [0.2, 0.25) is 0 Å². The summed E-state index contributed by atoms with van der Waals surface area (Å²) in [4.78, 5) is 2.39. The highest BCUT2D eigenvalue weighted by Crippen LogP contribution is 2.33. The van der Waals surface area contributed by atoms with Crippen LogP contribution in [0.1, 0.15) is 51.4 Å². The Morgan fingerprint density at radius 2 is 1.76 bits per heavy atom. The van der Waals surface area contributed by atoms with Gasteiger partial charge in [-0.05, 0) is 39.8 Å². The van der Waals surface area contributed by atoms with Gasteiger partial charge >= 0.3 is 0 Å². The van der Waals surface area contributed by atoms with E-state index in [0.29, 0.717) is 11.6 Å². The van der Waals surface area contributed by atoms with Crippen molar-refractivity contribution in [1.29, 1.82) is 0 Å². The van der Waals surface area contributed by atoms with Crippen molar-refractivity contribution in [3.8, 4) is 0 Å². The van der Waals surface area contributed by atoms with Crippen LogP contribution in [0.3, 0.4) is 0 Å². The summed E-state index contributed by atoms with van der Waals surface area (Å²) < 4.78 is 0. The fourth-order valence-corrected chi connectivity index (χ4v) is 3.49. The lowest BCUT2D eigenvalue weighted by atomic mass is 9.90. The van der Waals surface area contributed by atoms with Crippen molar-refractivity contribution in [2.24, 2.45) is 0 Å². The van der Waals surface area contributed by atoms with Crippen LogP contribution in [0.5, 0.6) is 0 Å². The standard InChI is InChI=1S/C14H28N2O/c1-16(2)14(9-5-6-10-14)11-15-12-7-3-4-8-13(12)17/h12-13,15,17H,3-11H2,1-2H3/t12-,13-/m0/s1. The quantitative estimate of drug-likeness (QED) is 0.786. The van der Waals surface area contributed by atoms with Crippen molar-refractivity contribution in [3.63, 3.8) is 0 Å². The smallest absolute Gasteiger partial charge is 0.0693 e. The number of nitrogens with zero attached hydrogens (tertiary/aromatic N) is 1. The van der Waals surface area contributed by atoms with E-state index in [1.165, 1.54) is 38.5 Å². The maximum atomic E-state index is 9.99. The molecular weight excluding hydrogens is 212 g/mol. The van der Waals surface area contributed by atoms with Gasteiger partial charge in [-0.25, -0.2) is 0 Å². The lowest BCUT2D eigenvalue weighted by Gasteiger charge is -2.39. The number of aliphatic hydroxyl groups is 1. The molecule has 0 saturated heterocycles. The maximum Gasteiger partial charge on any atom is 0.0693 e. The summed E-state index contributed by atoms with van der Waals surface area (Å²) in [5, 5.41) is 13.6. The van der Waals surface area contributed by atoms with Crippen LogP contribution in [-0.4, -0.2) is 48.3 Å². The molecule has 0 bridgehead atoms. The van der Waals surface area contributed by atoms with Gasteiger partial charge in [0.15, 0.2) is 0 Å². The van der Waals surface area contributed by atoms with Gasteiger partial charge < -0.3 is 15.3 Å². The van der Waals surface area contributed by atoms with Gasteiger partial charge in [-0.3, -0.25) is 0 Å². The van der Waals surface area contributed by atoms with E-state index in [0.717, 1.165) is 19.4 Å². The van der Waals surface area contributed by atoms with Gasteiger partial charge in [0, 0.05) is 18.1 Å². The van der Waals surface area contributed by atoms with Crippen molar-refractivity contribution in [3.05, 3.63) is 0 Å². The van der Waals surface area contributed by atoms with Crippen molar-refractivity contribution in [2.45, 2.75) is 69.1 Å². The molecule has 2 fully saturated rings. The number of nitrogens with one attached hydrogen (secondary N) is 1. The van der Waals surface area contributed by atoms with E-state index in [1.54, 1.807) is 0 Å². The fraction of sp³-hybridized carbons (Fsp3) is 1.00. The second-order valence-electron chi connectivity index (χ2n) is 6.17. The Kier molecular flexibility index (Phi) is 4.45. The molecule has 100 valence electrons. The predicted molar refractivity (Wildman–Crippen MR) is 71.2 cm³/mol. The molecule has 0 spiro atoms. The van der Waals surface area contributed by atoms with Crippen LogP contribution in [-0.2, 0) is 0 Å². The SMILES string of the molecule is CN(C)C1(CN[C@H]2CCCC[C@@H]2O)CCCC1. The molecule has 2 saturated carbocycles. The van der Waals surface area contributed by atoms with E-state index in [4.69, 9.17) is 0 Å². The Labute approximate surface area is 106 Å². The molecule has 17 heavy (non-hydrogen) atoms. The van der Waals surface area contributed by atoms with Crippen LogP contribution < -0.4 is 5.32 Å². The molecule has 3 nitrogen and oxygen atoms in total. The minimum absolute atomic E-state index is 0.121. The summed E-state index contributed by atoms with van der Waals surface area (Å²) >= 11 is 0. The number of likely N-dealkylation sites (N-methyl/N-ethyl adjacent to an activating group) is 1. The molecule has 0 aliphatic heterocycles. The van der Waals surface area contributed by atoms with Crippen molar-refractivity contribution in [2.75, 3.05) is 20.6 Å². The molecule has 2 N–H and O–H groups in total. The first-order valence-electron chi connectivity index (χ1n) is 7.23. The first-order chi connectivity index (χ1) is 8.14. The second kappa shape index (κ2) is 5.68. The minimum atomic E-state index is -0.121. The van der Waals surface area contributed by atoms with Crippen LogP contribution >= 0.6 is 0 Å². The molecule has 0 aromatic rings. The molecule has 0 radical (unpaired) electrons. The third kappa shape index (κ3) is 3.01. The van der Waals surface area contributed by atoms with Crippen LogP contribution in [0.4, 0.5) is 0 Å². The highest BCUT2D eigenvalue weighted by Gasteiger charge is 2.36. The topological polar surface area (TPSA) is 35.5 Å². The molecule has 2 aliphatic carbocycles. The first kappa shape index (κ1) is 13.3. The molecule has 2 rings (SSSR count). The van der Waals surface area contributed by atoms with E-state index in [9.17, 15) is 5.11 Å². The van der Waals surface area contributed by atoms with Crippen LogP contribution in [0, 0.1) is 0 Å². The Hall–Kier alpha value is -0.120. The Bertz CT molecular complexity index is 236. The zero-order valence-electron chi connectivity index (χ0n) is 11.4. The Morgan fingerprint density at radius 3 is 2.35 bits per heavy atom. The number of aliphatic hydroxyl groups excluding tert-OH is 1. The highest BCUT2D eigenvalue weighted by molar-refractivity contribution is 4.96. The molecule has 0 aromatic carbocycles. The summed E-state index contributed by atoms with van der Waals surface area (Å²) in [6, 6.07) is 0.334. The third-order valence-electron chi connectivity index (χ3n) is 4.91. The van der Waals surface area contributed by atoms with Crippen LogP contribution in [0.15, 0.2) is 0 Å². The van der Waals surface area contributed by atoms with Gasteiger partial charge in [-0.15, -0.1) is 0 Å². The average Bonchev–Trinajstić information content (AvgIpc) is 2.78. The van der Waals surface area contributed by atoms with E-state index in [-0.39, 0.29) is 6.10 Å². The zero-order valence-corrected chi connectivity index (χ0v) is 11.4. The molecule has 0 unspecified atom stereocenters. The summed E-state index contributed by atoms with van der Waals surface area (Å²) in [5.74, 6) is 0. The predicted octanol–water partition coefficient (Wildman–Crippen LogP) is 1.75. The average molecular weight is 240 g/mol. The molecule has 3 heteroatoms. The van der Waals surface area contributed by atoms with Gasteiger partial charge in [0.2, 0.25) is 0 Å².